The molecule has 0 bridgehead atoms. The number of aromatic nitrogens is 2. The van der Waals surface area contributed by atoms with Crippen molar-refractivity contribution in [1.29, 1.82) is 0 Å². The molecular formula is C9H15N5O3S. The Bertz CT molecular complexity index is 503. The Labute approximate surface area is 105 Å². The van der Waals surface area contributed by atoms with E-state index in [2.05, 4.69) is 15.4 Å². The van der Waals surface area contributed by atoms with Crippen molar-refractivity contribution in [3.63, 3.8) is 0 Å². The van der Waals surface area contributed by atoms with Crippen LogP contribution in [0.25, 0.3) is 0 Å². The number of rotatable bonds is 4. The Morgan fingerprint density at radius 3 is 2.67 bits per heavy atom. The first-order chi connectivity index (χ1) is 8.57. The number of nitrogen functional groups attached to an aromatic ring is 1. The van der Waals surface area contributed by atoms with Crippen LogP contribution in [0.15, 0.2) is 17.3 Å². The van der Waals surface area contributed by atoms with E-state index in [9.17, 15) is 8.42 Å². The quantitative estimate of drug-likeness (QED) is 0.463. The highest BCUT2D eigenvalue weighted by Gasteiger charge is 2.32. The van der Waals surface area contributed by atoms with Crippen LogP contribution in [0.4, 0.5) is 5.95 Å². The minimum atomic E-state index is -3.58. The van der Waals surface area contributed by atoms with E-state index in [1.54, 1.807) is 0 Å². The lowest BCUT2D eigenvalue weighted by molar-refractivity contribution is 0.233. The molecule has 1 aromatic rings. The van der Waals surface area contributed by atoms with Crippen molar-refractivity contribution < 1.29 is 13.5 Å². The first kappa shape index (κ1) is 13.1. The molecule has 1 unspecified atom stereocenters. The first-order valence-electron chi connectivity index (χ1n) is 5.47. The first-order valence-corrected chi connectivity index (χ1v) is 6.91. The molecule has 9 heteroatoms. The van der Waals surface area contributed by atoms with E-state index >= 15 is 0 Å². The molecule has 0 spiro atoms. The molecule has 100 valence electrons. The smallest absolute Gasteiger partial charge is 0.246 e. The van der Waals surface area contributed by atoms with Crippen molar-refractivity contribution in [2.75, 3.05) is 25.1 Å². The molecule has 2 heterocycles. The van der Waals surface area contributed by atoms with E-state index in [4.69, 9.17) is 10.9 Å². The van der Waals surface area contributed by atoms with Gasteiger partial charge in [-0.15, -0.1) is 0 Å². The lowest BCUT2D eigenvalue weighted by Crippen LogP contribution is -2.29. The Kier molecular flexibility index (Phi) is 3.76. The Morgan fingerprint density at radius 1 is 1.50 bits per heavy atom. The molecule has 1 saturated heterocycles. The molecule has 18 heavy (non-hydrogen) atoms. The van der Waals surface area contributed by atoms with Gasteiger partial charge in [0.15, 0.2) is 0 Å². The predicted octanol–water partition coefficient (Wildman–Crippen LogP) is -1.23. The SMILES string of the molecule is NNc1ncc(S(=O)(=O)N2CCC(CO)C2)cn1. The van der Waals surface area contributed by atoms with Crippen molar-refractivity contribution in [3.8, 4) is 0 Å². The second kappa shape index (κ2) is 5.14. The molecule has 0 amide bonds. The maximum atomic E-state index is 12.2. The minimum Gasteiger partial charge on any atom is -0.396 e. The summed E-state index contributed by atoms with van der Waals surface area (Å²) in [6, 6.07) is 0. The van der Waals surface area contributed by atoms with Gasteiger partial charge in [0.05, 0.1) is 12.4 Å². The molecular weight excluding hydrogens is 258 g/mol. The van der Waals surface area contributed by atoms with Gasteiger partial charge in [0.2, 0.25) is 16.0 Å². The summed E-state index contributed by atoms with van der Waals surface area (Å²) < 4.78 is 25.8. The molecule has 4 N–H and O–H groups in total. The number of hydrogen-bond donors (Lipinski definition) is 3. The number of aliphatic hydroxyl groups excluding tert-OH is 1. The van der Waals surface area contributed by atoms with Crippen LogP contribution in [0.2, 0.25) is 0 Å². The van der Waals surface area contributed by atoms with Gasteiger partial charge in [-0.05, 0) is 12.3 Å². The number of aliphatic hydroxyl groups is 1. The van der Waals surface area contributed by atoms with Gasteiger partial charge in [0, 0.05) is 19.7 Å². The molecule has 1 fully saturated rings. The van der Waals surface area contributed by atoms with E-state index in [0.717, 1.165) is 0 Å². The largest absolute Gasteiger partial charge is 0.396 e. The zero-order chi connectivity index (χ0) is 13.2. The fraction of sp³-hybridized carbons (Fsp3) is 0.556. The third-order valence-electron chi connectivity index (χ3n) is 2.90. The molecule has 1 aromatic heterocycles. The zero-order valence-electron chi connectivity index (χ0n) is 9.65. The maximum Gasteiger partial charge on any atom is 0.246 e. The van der Waals surface area contributed by atoms with Gasteiger partial charge in [-0.25, -0.2) is 24.2 Å². The third kappa shape index (κ3) is 2.43. The third-order valence-corrected chi connectivity index (χ3v) is 4.72. The summed E-state index contributed by atoms with van der Waals surface area (Å²) in [6.07, 6.45) is 3.09. The van der Waals surface area contributed by atoms with Crippen LogP contribution in [0.1, 0.15) is 6.42 Å². The number of anilines is 1. The number of sulfonamides is 1. The summed E-state index contributed by atoms with van der Waals surface area (Å²) in [6.45, 7) is 0.735. The normalized spacial score (nSPS) is 21.1. The van der Waals surface area contributed by atoms with E-state index in [1.165, 1.54) is 16.7 Å². The summed E-state index contributed by atoms with van der Waals surface area (Å²) in [5.74, 6) is 5.27. The van der Waals surface area contributed by atoms with Crippen molar-refractivity contribution in [1.82, 2.24) is 14.3 Å². The molecule has 1 atom stereocenters. The lowest BCUT2D eigenvalue weighted by Gasteiger charge is -2.15. The number of nitrogens with two attached hydrogens (primary N) is 1. The van der Waals surface area contributed by atoms with Crippen molar-refractivity contribution in [2.24, 2.45) is 11.8 Å². The van der Waals surface area contributed by atoms with Gasteiger partial charge < -0.3 is 5.11 Å². The lowest BCUT2D eigenvalue weighted by atomic mass is 10.1. The predicted molar refractivity (Wildman–Crippen MR) is 63.8 cm³/mol. The number of nitrogens with one attached hydrogen (secondary N) is 1. The Balaban J connectivity index is 2.20. The summed E-state index contributed by atoms with van der Waals surface area (Å²) >= 11 is 0. The maximum absolute atomic E-state index is 12.2. The highest BCUT2D eigenvalue weighted by atomic mass is 32.2. The Morgan fingerprint density at radius 2 is 2.17 bits per heavy atom. The average Bonchev–Trinajstić information content (AvgIpc) is 2.88. The topological polar surface area (TPSA) is 121 Å². The molecule has 1 aliphatic heterocycles. The van der Waals surface area contributed by atoms with Gasteiger partial charge >= 0.3 is 0 Å². The van der Waals surface area contributed by atoms with Crippen molar-refractivity contribution >= 4 is 16.0 Å². The van der Waals surface area contributed by atoms with Crippen molar-refractivity contribution in [2.45, 2.75) is 11.3 Å². The molecule has 0 aliphatic carbocycles. The van der Waals surface area contributed by atoms with Gasteiger partial charge in [0.25, 0.3) is 0 Å². The summed E-state index contributed by atoms with van der Waals surface area (Å²) in [4.78, 5) is 7.57. The van der Waals surface area contributed by atoms with Gasteiger partial charge in [-0.3, -0.25) is 5.43 Å². The standard InChI is InChI=1S/C9H15N5O3S/c10-13-9-11-3-8(4-12-9)18(16,17)14-2-1-7(5-14)6-15/h3-4,7,15H,1-2,5-6,10H2,(H,11,12,13). The van der Waals surface area contributed by atoms with Crippen LogP contribution < -0.4 is 11.3 Å². The van der Waals surface area contributed by atoms with Crippen LogP contribution in [0, 0.1) is 5.92 Å². The monoisotopic (exact) mass is 273 g/mol. The van der Waals surface area contributed by atoms with Crippen LogP contribution in [0.5, 0.6) is 0 Å². The van der Waals surface area contributed by atoms with Crippen LogP contribution in [-0.4, -0.2) is 47.5 Å². The number of nitrogens with zero attached hydrogens (tertiary/aromatic N) is 3. The molecule has 0 radical (unpaired) electrons. The number of hydrazine groups is 1. The average molecular weight is 273 g/mol. The van der Waals surface area contributed by atoms with E-state index in [0.29, 0.717) is 19.5 Å². The second-order valence-electron chi connectivity index (χ2n) is 4.09. The molecule has 0 aromatic carbocycles. The van der Waals surface area contributed by atoms with Crippen molar-refractivity contribution in [3.05, 3.63) is 12.4 Å². The molecule has 2 rings (SSSR count). The summed E-state index contributed by atoms with van der Waals surface area (Å²) in [5, 5.41) is 9.02. The summed E-state index contributed by atoms with van der Waals surface area (Å²) in [5.41, 5.74) is 2.23. The molecule has 0 saturated carbocycles. The minimum absolute atomic E-state index is 0.00144. The second-order valence-corrected chi connectivity index (χ2v) is 6.02. The van der Waals surface area contributed by atoms with Gasteiger partial charge in [0.1, 0.15) is 4.90 Å². The fourth-order valence-corrected chi connectivity index (χ4v) is 3.26. The van der Waals surface area contributed by atoms with E-state index in [-0.39, 0.29) is 23.4 Å². The van der Waals surface area contributed by atoms with Gasteiger partial charge in [-0.2, -0.15) is 4.31 Å². The highest BCUT2D eigenvalue weighted by Crippen LogP contribution is 2.23. The van der Waals surface area contributed by atoms with E-state index < -0.39 is 10.0 Å². The van der Waals surface area contributed by atoms with Crippen LogP contribution in [-0.2, 0) is 10.0 Å². The molecule has 8 nitrogen and oxygen atoms in total. The number of hydrogen-bond acceptors (Lipinski definition) is 7. The van der Waals surface area contributed by atoms with Crippen LogP contribution in [0.3, 0.4) is 0 Å². The molecule has 1 aliphatic rings. The summed E-state index contributed by atoms with van der Waals surface area (Å²) in [7, 11) is -3.58. The van der Waals surface area contributed by atoms with E-state index in [1.807, 2.05) is 0 Å². The Hall–Kier alpha value is -1.29. The van der Waals surface area contributed by atoms with Crippen LogP contribution >= 0.6 is 0 Å². The fourth-order valence-electron chi connectivity index (χ4n) is 1.84. The van der Waals surface area contributed by atoms with Gasteiger partial charge in [-0.1, -0.05) is 0 Å². The highest BCUT2D eigenvalue weighted by molar-refractivity contribution is 7.89. The zero-order valence-corrected chi connectivity index (χ0v) is 10.5.